The average Bonchev–Trinajstić information content (AvgIpc) is 3.08. The minimum atomic E-state index is 0.161. The van der Waals surface area contributed by atoms with E-state index in [9.17, 15) is 4.79 Å². The van der Waals surface area contributed by atoms with Crippen molar-refractivity contribution in [2.24, 2.45) is 11.8 Å². The number of hydrogen-bond donors (Lipinski definition) is 1. The summed E-state index contributed by atoms with van der Waals surface area (Å²) in [6.45, 7) is 10.1. The molecule has 0 aromatic carbocycles. The first kappa shape index (κ1) is 14.5. The molecule has 6 heteroatoms. The normalized spacial score (nSPS) is 27.2. The van der Waals surface area contributed by atoms with Crippen molar-refractivity contribution < 1.29 is 9.32 Å². The van der Waals surface area contributed by atoms with Gasteiger partial charge in [0.05, 0.1) is 18.2 Å². The highest BCUT2D eigenvalue weighted by atomic mass is 16.5. The van der Waals surface area contributed by atoms with Crippen molar-refractivity contribution in [3.63, 3.8) is 0 Å². The van der Waals surface area contributed by atoms with Crippen LogP contribution in [0.1, 0.15) is 18.4 Å². The second-order valence-corrected chi connectivity index (χ2v) is 6.28. The number of aryl methyl sites for hydroxylation is 1. The molecule has 1 aromatic heterocycles. The molecule has 2 fully saturated rings. The van der Waals surface area contributed by atoms with E-state index in [2.05, 4.69) is 22.3 Å². The van der Waals surface area contributed by atoms with E-state index in [-0.39, 0.29) is 5.92 Å². The maximum atomic E-state index is 12.5. The predicted molar refractivity (Wildman–Crippen MR) is 78.6 cm³/mol. The molecule has 6 nitrogen and oxygen atoms in total. The molecule has 0 aliphatic carbocycles. The first-order valence-electron chi connectivity index (χ1n) is 7.77. The summed E-state index contributed by atoms with van der Waals surface area (Å²) < 4.78 is 5.26. The van der Waals surface area contributed by atoms with E-state index in [1.807, 2.05) is 17.9 Å². The van der Waals surface area contributed by atoms with Gasteiger partial charge in [0.15, 0.2) is 5.76 Å². The van der Waals surface area contributed by atoms with Crippen LogP contribution in [0.15, 0.2) is 10.6 Å². The van der Waals surface area contributed by atoms with Gasteiger partial charge in [0.2, 0.25) is 5.91 Å². The van der Waals surface area contributed by atoms with Crippen LogP contribution in [-0.4, -0.2) is 60.1 Å². The Morgan fingerprint density at radius 2 is 2.14 bits per heavy atom. The molecule has 2 atom stereocenters. The second-order valence-electron chi connectivity index (χ2n) is 6.28. The van der Waals surface area contributed by atoms with Crippen molar-refractivity contribution >= 4 is 5.91 Å². The van der Waals surface area contributed by atoms with Crippen molar-refractivity contribution in [1.82, 2.24) is 20.3 Å². The maximum absolute atomic E-state index is 12.5. The molecule has 3 heterocycles. The van der Waals surface area contributed by atoms with Gasteiger partial charge >= 0.3 is 0 Å². The van der Waals surface area contributed by atoms with Crippen molar-refractivity contribution in [1.29, 1.82) is 0 Å². The number of rotatable bonds is 3. The van der Waals surface area contributed by atoms with Crippen LogP contribution >= 0.6 is 0 Å². The highest BCUT2D eigenvalue weighted by Gasteiger charge is 2.34. The molecule has 3 rings (SSSR count). The zero-order chi connectivity index (χ0) is 14.8. The van der Waals surface area contributed by atoms with E-state index in [4.69, 9.17) is 4.52 Å². The van der Waals surface area contributed by atoms with E-state index in [0.29, 0.717) is 11.8 Å². The molecule has 2 saturated heterocycles. The van der Waals surface area contributed by atoms with Gasteiger partial charge in [0.1, 0.15) is 0 Å². The van der Waals surface area contributed by atoms with Crippen molar-refractivity contribution in [3.8, 4) is 0 Å². The summed E-state index contributed by atoms with van der Waals surface area (Å²) in [5.74, 6) is 1.84. The summed E-state index contributed by atoms with van der Waals surface area (Å²) in [5, 5.41) is 7.22. The minimum Gasteiger partial charge on any atom is -0.360 e. The van der Waals surface area contributed by atoms with Gasteiger partial charge in [0, 0.05) is 38.8 Å². The van der Waals surface area contributed by atoms with Gasteiger partial charge < -0.3 is 14.7 Å². The third-order valence-electron chi connectivity index (χ3n) is 4.57. The summed E-state index contributed by atoms with van der Waals surface area (Å²) in [6, 6.07) is 1.98. The van der Waals surface area contributed by atoms with E-state index in [1.165, 1.54) is 0 Å². The molecule has 1 amide bonds. The first-order valence-corrected chi connectivity index (χ1v) is 7.77. The Balaban J connectivity index is 1.49. The number of piperazine rings is 1. The summed E-state index contributed by atoms with van der Waals surface area (Å²) in [5.41, 5.74) is 0.918. The average molecular weight is 292 g/mol. The number of hydrogen-bond acceptors (Lipinski definition) is 5. The molecule has 1 aromatic rings. The van der Waals surface area contributed by atoms with Crippen molar-refractivity contribution in [2.75, 3.05) is 39.3 Å². The van der Waals surface area contributed by atoms with Gasteiger partial charge in [-0.15, -0.1) is 0 Å². The van der Waals surface area contributed by atoms with Gasteiger partial charge in [-0.2, -0.15) is 0 Å². The van der Waals surface area contributed by atoms with Gasteiger partial charge in [-0.1, -0.05) is 12.1 Å². The van der Waals surface area contributed by atoms with Crippen LogP contribution in [0.5, 0.6) is 0 Å². The van der Waals surface area contributed by atoms with Crippen LogP contribution in [0.3, 0.4) is 0 Å². The first-order chi connectivity index (χ1) is 10.1. The molecular formula is C15H24N4O2. The van der Waals surface area contributed by atoms with E-state index in [1.54, 1.807) is 0 Å². The molecule has 0 saturated carbocycles. The smallest absolute Gasteiger partial charge is 0.227 e. The standard InChI is InChI=1S/C15H24N4O2/c1-11-8-16-9-14(11)15(20)19-5-3-18(4-6-19)10-13-7-12(2)17-21-13/h7,11,14,16H,3-6,8-10H2,1-2H3. The molecule has 116 valence electrons. The SMILES string of the molecule is Cc1cc(CN2CCN(C(=O)C3CNCC3C)CC2)on1. The lowest BCUT2D eigenvalue weighted by molar-refractivity contribution is -0.137. The number of aromatic nitrogens is 1. The molecule has 0 radical (unpaired) electrons. The molecule has 2 aliphatic heterocycles. The Kier molecular flexibility index (Phi) is 4.26. The van der Waals surface area contributed by atoms with Crippen molar-refractivity contribution in [3.05, 3.63) is 17.5 Å². The Morgan fingerprint density at radius 3 is 2.71 bits per heavy atom. The molecule has 1 N–H and O–H groups in total. The zero-order valence-corrected chi connectivity index (χ0v) is 12.8. The second kappa shape index (κ2) is 6.15. The summed E-state index contributed by atoms with van der Waals surface area (Å²) in [7, 11) is 0. The summed E-state index contributed by atoms with van der Waals surface area (Å²) >= 11 is 0. The van der Waals surface area contributed by atoms with Gasteiger partial charge in [-0.3, -0.25) is 9.69 Å². The zero-order valence-electron chi connectivity index (χ0n) is 12.8. The van der Waals surface area contributed by atoms with Crippen LogP contribution < -0.4 is 5.32 Å². The lowest BCUT2D eigenvalue weighted by Crippen LogP contribution is -2.50. The Bertz CT molecular complexity index is 494. The minimum absolute atomic E-state index is 0.161. The van der Waals surface area contributed by atoms with Crippen LogP contribution in [-0.2, 0) is 11.3 Å². The molecule has 0 spiro atoms. The summed E-state index contributed by atoms with van der Waals surface area (Å²) in [6.07, 6.45) is 0. The fourth-order valence-corrected chi connectivity index (χ4v) is 3.21. The summed E-state index contributed by atoms with van der Waals surface area (Å²) in [4.78, 5) is 16.9. The van der Waals surface area contributed by atoms with Crippen LogP contribution in [0, 0.1) is 18.8 Å². The fourth-order valence-electron chi connectivity index (χ4n) is 3.21. The number of amides is 1. The van der Waals surface area contributed by atoms with E-state index >= 15 is 0 Å². The number of carbonyl (C=O) groups is 1. The van der Waals surface area contributed by atoms with Crippen LogP contribution in [0.2, 0.25) is 0 Å². The number of carbonyl (C=O) groups excluding carboxylic acids is 1. The van der Waals surface area contributed by atoms with Crippen LogP contribution in [0.4, 0.5) is 0 Å². The topological polar surface area (TPSA) is 61.6 Å². The predicted octanol–water partition coefficient (Wildman–Crippen LogP) is 0.483. The third-order valence-corrected chi connectivity index (χ3v) is 4.57. The fraction of sp³-hybridized carbons (Fsp3) is 0.733. The van der Waals surface area contributed by atoms with E-state index < -0.39 is 0 Å². The third kappa shape index (κ3) is 3.27. The highest BCUT2D eigenvalue weighted by molar-refractivity contribution is 5.79. The molecule has 2 unspecified atom stereocenters. The molecule has 21 heavy (non-hydrogen) atoms. The van der Waals surface area contributed by atoms with Crippen molar-refractivity contribution in [2.45, 2.75) is 20.4 Å². The Labute approximate surface area is 125 Å². The molecular weight excluding hydrogens is 268 g/mol. The monoisotopic (exact) mass is 292 g/mol. The Hall–Kier alpha value is -1.40. The lowest BCUT2D eigenvalue weighted by atomic mass is 9.96. The highest BCUT2D eigenvalue weighted by Crippen LogP contribution is 2.20. The lowest BCUT2D eigenvalue weighted by Gasteiger charge is -2.36. The molecule has 2 aliphatic rings. The van der Waals surface area contributed by atoms with E-state index in [0.717, 1.165) is 57.3 Å². The van der Waals surface area contributed by atoms with Gasteiger partial charge in [0.25, 0.3) is 0 Å². The maximum Gasteiger partial charge on any atom is 0.227 e. The quantitative estimate of drug-likeness (QED) is 0.878. The Morgan fingerprint density at radius 1 is 1.38 bits per heavy atom. The largest absolute Gasteiger partial charge is 0.360 e. The van der Waals surface area contributed by atoms with Crippen LogP contribution in [0.25, 0.3) is 0 Å². The van der Waals surface area contributed by atoms with Gasteiger partial charge in [-0.05, 0) is 19.4 Å². The molecule has 0 bridgehead atoms. The number of nitrogens with zero attached hydrogens (tertiary/aromatic N) is 3. The van der Waals surface area contributed by atoms with Gasteiger partial charge in [-0.25, -0.2) is 0 Å². The number of nitrogens with one attached hydrogen (secondary N) is 1.